The van der Waals surface area contributed by atoms with Crippen molar-refractivity contribution in [3.05, 3.63) is 0 Å². The third-order valence-electron chi connectivity index (χ3n) is 2.33. The molecule has 126 valence electrons. The van der Waals surface area contributed by atoms with E-state index in [4.69, 9.17) is 0 Å². The van der Waals surface area contributed by atoms with Gasteiger partial charge in [-0.25, -0.2) is 4.39 Å². The van der Waals surface area contributed by atoms with Gasteiger partial charge < -0.3 is 4.74 Å². The minimum atomic E-state index is -7.02. The molecule has 0 amide bonds. The lowest BCUT2D eigenvalue weighted by atomic mass is 10.1. The molecule has 1 rings (SSSR count). The largest absolute Gasteiger partial charge is 0.462 e. The lowest BCUT2D eigenvalue weighted by molar-refractivity contribution is -0.484. The Morgan fingerprint density at radius 1 is 0.810 bits per heavy atom. The molecule has 1 aliphatic rings. The highest BCUT2D eigenvalue weighted by atomic mass is 19.4. The molecule has 0 saturated carbocycles. The van der Waals surface area contributed by atoms with Crippen LogP contribution in [0.25, 0.3) is 0 Å². The molecule has 0 bridgehead atoms. The monoisotopic (exact) mass is 342 g/mol. The maximum atomic E-state index is 13.4. The Balaban J connectivity index is 3.07. The van der Waals surface area contributed by atoms with E-state index in [-0.39, 0.29) is 0 Å². The van der Waals surface area contributed by atoms with Gasteiger partial charge in [-0.2, -0.15) is 43.9 Å². The third kappa shape index (κ3) is 3.49. The molecule has 0 aliphatic carbocycles. The van der Waals surface area contributed by atoms with Crippen molar-refractivity contribution in [3.8, 4) is 0 Å². The SMILES string of the molecule is FC(F)(F)C(F)(F)C(F)(F)O[C@@](F)(C[C@@H]1CO1)C(F)(F)F. The van der Waals surface area contributed by atoms with E-state index in [2.05, 4.69) is 9.47 Å². The van der Waals surface area contributed by atoms with E-state index >= 15 is 0 Å². The number of rotatable bonds is 5. The van der Waals surface area contributed by atoms with Gasteiger partial charge in [-0.15, -0.1) is 0 Å². The Morgan fingerprint density at radius 3 is 1.52 bits per heavy atom. The van der Waals surface area contributed by atoms with Crippen molar-refractivity contribution in [2.75, 3.05) is 6.61 Å². The molecule has 0 aromatic carbocycles. The molecular formula is C8H5F11O2. The van der Waals surface area contributed by atoms with Gasteiger partial charge in [0, 0.05) is 6.42 Å². The smallest absolute Gasteiger partial charge is 0.373 e. The Labute approximate surface area is 108 Å². The summed E-state index contributed by atoms with van der Waals surface area (Å²) in [6.07, 6.45) is -23.6. The summed E-state index contributed by atoms with van der Waals surface area (Å²) >= 11 is 0. The number of ether oxygens (including phenoxy) is 2. The fraction of sp³-hybridized carbons (Fsp3) is 1.00. The molecule has 0 N–H and O–H groups in total. The zero-order valence-electron chi connectivity index (χ0n) is 9.47. The molecule has 1 heterocycles. The summed E-state index contributed by atoms with van der Waals surface area (Å²) in [5.41, 5.74) is 0. The van der Waals surface area contributed by atoms with Crippen LogP contribution in [0.1, 0.15) is 6.42 Å². The second kappa shape index (κ2) is 4.83. The molecule has 21 heavy (non-hydrogen) atoms. The first-order chi connectivity index (χ1) is 9.04. The predicted octanol–water partition coefficient (Wildman–Crippen LogP) is 3.81. The number of hydrogen-bond donors (Lipinski definition) is 0. The highest BCUT2D eigenvalue weighted by molar-refractivity contribution is 4.91. The first-order valence-electron chi connectivity index (χ1n) is 4.93. The van der Waals surface area contributed by atoms with Crippen LogP contribution in [0.4, 0.5) is 48.3 Å². The summed E-state index contributed by atoms with van der Waals surface area (Å²) in [7, 11) is 0. The predicted molar refractivity (Wildman–Crippen MR) is 41.3 cm³/mol. The van der Waals surface area contributed by atoms with E-state index in [9.17, 15) is 48.3 Å². The van der Waals surface area contributed by atoms with E-state index in [1.807, 2.05) is 0 Å². The van der Waals surface area contributed by atoms with Gasteiger partial charge in [-0.05, 0) is 0 Å². The molecule has 1 aliphatic heterocycles. The molecule has 2 nitrogen and oxygen atoms in total. The van der Waals surface area contributed by atoms with Gasteiger partial charge >= 0.3 is 30.2 Å². The van der Waals surface area contributed by atoms with Crippen LogP contribution in [-0.2, 0) is 9.47 Å². The summed E-state index contributed by atoms with van der Waals surface area (Å²) in [6.45, 7) is -0.508. The molecule has 13 heteroatoms. The van der Waals surface area contributed by atoms with Crippen LogP contribution in [0, 0.1) is 0 Å². The molecule has 0 aromatic rings. The van der Waals surface area contributed by atoms with Gasteiger partial charge in [-0.3, -0.25) is 4.74 Å². The van der Waals surface area contributed by atoms with Crippen molar-refractivity contribution >= 4 is 0 Å². The Morgan fingerprint density at radius 2 is 1.24 bits per heavy atom. The fourth-order valence-corrected chi connectivity index (χ4v) is 1.13. The number of alkyl halides is 11. The minimum Gasteiger partial charge on any atom is -0.373 e. The standard InChI is InChI=1S/C8H5F11O2/c9-4(6(12,13)14,1-3-2-20-3)21-8(18,19)5(10,11)7(15,16)17/h3H,1-2H2/t3-,4+/m1/s1. The lowest BCUT2D eigenvalue weighted by Crippen LogP contribution is -2.59. The Bertz CT molecular complexity index is 383. The van der Waals surface area contributed by atoms with Gasteiger partial charge in [0.15, 0.2) is 0 Å². The lowest BCUT2D eigenvalue weighted by Gasteiger charge is -2.34. The van der Waals surface area contributed by atoms with Gasteiger partial charge in [0.1, 0.15) is 0 Å². The Hall–Kier alpha value is -0.850. The van der Waals surface area contributed by atoms with Crippen molar-refractivity contribution in [2.24, 2.45) is 0 Å². The van der Waals surface area contributed by atoms with E-state index < -0.39 is 49.4 Å². The summed E-state index contributed by atoms with van der Waals surface area (Å²) in [6, 6.07) is 0. The maximum Gasteiger partial charge on any atom is 0.462 e. The second-order valence-corrected chi connectivity index (χ2v) is 4.08. The highest BCUT2D eigenvalue weighted by Gasteiger charge is 2.78. The van der Waals surface area contributed by atoms with Crippen molar-refractivity contribution in [2.45, 2.75) is 42.8 Å². The summed E-state index contributed by atoms with van der Waals surface area (Å²) in [5, 5.41) is 0. The van der Waals surface area contributed by atoms with Gasteiger partial charge in [-0.1, -0.05) is 0 Å². The van der Waals surface area contributed by atoms with Gasteiger partial charge in [0.05, 0.1) is 12.7 Å². The molecule has 1 fully saturated rings. The van der Waals surface area contributed by atoms with Crippen molar-refractivity contribution < 1.29 is 57.8 Å². The molecule has 0 unspecified atom stereocenters. The average Bonchev–Trinajstić information content (AvgIpc) is 2.96. The number of halogens is 11. The zero-order valence-corrected chi connectivity index (χ0v) is 9.47. The summed E-state index contributed by atoms with van der Waals surface area (Å²) in [5.74, 6) is -12.4. The summed E-state index contributed by atoms with van der Waals surface area (Å²) in [4.78, 5) is 0. The molecule has 0 spiro atoms. The molecule has 1 saturated heterocycles. The third-order valence-corrected chi connectivity index (χ3v) is 2.33. The van der Waals surface area contributed by atoms with E-state index in [1.54, 1.807) is 0 Å². The first kappa shape index (κ1) is 18.2. The second-order valence-electron chi connectivity index (χ2n) is 4.08. The van der Waals surface area contributed by atoms with Crippen LogP contribution in [-0.4, -0.2) is 42.9 Å². The topological polar surface area (TPSA) is 21.8 Å². The molecule has 0 aromatic heterocycles. The van der Waals surface area contributed by atoms with E-state index in [0.29, 0.717) is 0 Å². The maximum absolute atomic E-state index is 13.4. The molecule has 0 radical (unpaired) electrons. The number of hydrogen-bond acceptors (Lipinski definition) is 2. The van der Waals surface area contributed by atoms with Crippen LogP contribution in [0.15, 0.2) is 0 Å². The molecular weight excluding hydrogens is 337 g/mol. The first-order valence-corrected chi connectivity index (χ1v) is 4.93. The molecule has 2 atom stereocenters. The quantitative estimate of drug-likeness (QED) is 0.560. The van der Waals surface area contributed by atoms with Crippen molar-refractivity contribution in [1.82, 2.24) is 0 Å². The van der Waals surface area contributed by atoms with E-state index in [1.165, 1.54) is 0 Å². The number of epoxide rings is 1. The van der Waals surface area contributed by atoms with Crippen LogP contribution in [0.2, 0.25) is 0 Å². The van der Waals surface area contributed by atoms with Crippen molar-refractivity contribution in [3.63, 3.8) is 0 Å². The normalized spacial score (nSPS) is 23.9. The van der Waals surface area contributed by atoms with Gasteiger partial charge in [0.2, 0.25) is 0 Å². The average molecular weight is 342 g/mol. The fourth-order valence-electron chi connectivity index (χ4n) is 1.13. The van der Waals surface area contributed by atoms with Crippen molar-refractivity contribution in [1.29, 1.82) is 0 Å². The van der Waals surface area contributed by atoms with Crippen LogP contribution < -0.4 is 0 Å². The zero-order chi connectivity index (χ0) is 16.9. The van der Waals surface area contributed by atoms with E-state index in [0.717, 1.165) is 0 Å². The van der Waals surface area contributed by atoms with Crippen LogP contribution in [0.3, 0.4) is 0 Å². The summed E-state index contributed by atoms with van der Waals surface area (Å²) < 4.78 is 142. The van der Waals surface area contributed by atoms with Crippen LogP contribution >= 0.6 is 0 Å². The van der Waals surface area contributed by atoms with Crippen LogP contribution in [0.5, 0.6) is 0 Å². The highest BCUT2D eigenvalue weighted by Crippen LogP contribution is 2.52. The Kier molecular flexibility index (Phi) is 4.18. The van der Waals surface area contributed by atoms with Gasteiger partial charge in [0.25, 0.3) is 0 Å². The minimum absolute atomic E-state index is 0.508.